The molecule has 0 amide bonds. The number of aromatic nitrogens is 1. The lowest BCUT2D eigenvalue weighted by atomic mass is 10.1. The number of fused-ring (bicyclic) bond motifs is 2. The van der Waals surface area contributed by atoms with Gasteiger partial charge in [-0.3, -0.25) is 4.98 Å². The Labute approximate surface area is 235 Å². The van der Waals surface area contributed by atoms with Crippen LogP contribution in [0.3, 0.4) is 0 Å². The molecular weight excluding hydrogens is 503 g/mol. The SMILES string of the molecule is N#Cc1ccc(-c2cccc(N3c4ccccc4[Si](c4ccccc4)(c4ccccc4)c4ccccc43)c2)nc1. The van der Waals surface area contributed by atoms with Gasteiger partial charge in [0.05, 0.1) is 11.3 Å². The maximum Gasteiger partial charge on any atom is 0.184 e. The Hall–Kier alpha value is -5.24. The van der Waals surface area contributed by atoms with E-state index < -0.39 is 8.07 Å². The van der Waals surface area contributed by atoms with Gasteiger partial charge in [0.2, 0.25) is 0 Å². The second kappa shape index (κ2) is 9.81. The number of benzene rings is 5. The van der Waals surface area contributed by atoms with Gasteiger partial charge in [0.15, 0.2) is 8.07 Å². The van der Waals surface area contributed by atoms with Gasteiger partial charge in [-0.2, -0.15) is 5.26 Å². The molecule has 0 radical (unpaired) electrons. The smallest absolute Gasteiger partial charge is 0.184 e. The van der Waals surface area contributed by atoms with Crippen molar-refractivity contribution in [1.82, 2.24) is 4.98 Å². The van der Waals surface area contributed by atoms with Crippen molar-refractivity contribution in [2.75, 3.05) is 4.90 Å². The van der Waals surface area contributed by atoms with Gasteiger partial charge < -0.3 is 4.90 Å². The van der Waals surface area contributed by atoms with Crippen LogP contribution in [0.15, 0.2) is 152 Å². The van der Waals surface area contributed by atoms with E-state index in [2.05, 4.69) is 149 Å². The Morgan fingerprint density at radius 3 is 1.70 bits per heavy atom. The topological polar surface area (TPSA) is 39.9 Å². The predicted octanol–water partition coefficient (Wildman–Crippen LogP) is 5.78. The van der Waals surface area contributed by atoms with Crippen LogP contribution < -0.4 is 25.6 Å². The summed E-state index contributed by atoms with van der Waals surface area (Å²) >= 11 is 0. The Morgan fingerprint density at radius 1 is 0.575 bits per heavy atom. The Bertz CT molecular complexity index is 1770. The molecule has 188 valence electrons. The van der Waals surface area contributed by atoms with Crippen molar-refractivity contribution in [1.29, 1.82) is 5.26 Å². The van der Waals surface area contributed by atoms with Crippen LogP contribution in [-0.2, 0) is 0 Å². The zero-order valence-electron chi connectivity index (χ0n) is 21.8. The van der Waals surface area contributed by atoms with E-state index in [-0.39, 0.29) is 0 Å². The summed E-state index contributed by atoms with van der Waals surface area (Å²) in [4.78, 5) is 6.96. The molecule has 0 fully saturated rings. The Kier molecular flexibility index (Phi) is 5.85. The van der Waals surface area contributed by atoms with Crippen molar-refractivity contribution in [3.8, 4) is 17.3 Å². The molecule has 4 heteroatoms. The molecule has 1 aromatic heterocycles. The van der Waals surface area contributed by atoms with Gasteiger partial charge in [-0.05, 0) is 57.1 Å². The average molecular weight is 528 g/mol. The highest BCUT2D eigenvalue weighted by Gasteiger charge is 2.48. The number of pyridine rings is 1. The fraction of sp³-hybridized carbons (Fsp3) is 0. The molecule has 1 aliphatic heterocycles. The summed E-state index contributed by atoms with van der Waals surface area (Å²) in [7, 11) is -2.62. The summed E-state index contributed by atoms with van der Waals surface area (Å²) in [6, 6.07) is 54.3. The third-order valence-corrected chi connectivity index (χ3v) is 12.7. The fourth-order valence-corrected chi connectivity index (χ4v) is 11.2. The zero-order chi connectivity index (χ0) is 26.9. The second-order valence-corrected chi connectivity index (χ2v) is 13.7. The summed E-state index contributed by atoms with van der Waals surface area (Å²) < 4.78 is 0. The first-order valence-electron chi connectivity index (χ1n) is 13.4. The van der Waals surface area contributed by atoms with E-state index in [4.69, 9.17) is 0 Å². The molecule has 2 heterocycles. The van der Waals surface area contributed by atoms with E-state index >= 15 is 0 Å². The number of hydrogen-bond acceptors (Lipinski definition) is 3. The normalized spacial score (nSPS) is 13.1. The van der Waals surface area contributed by atoms with Gasteiger partial charge in [-0.1, -0.05) is 109 Å². The Balaban J connectivity index is 1.50. The minimum atomic E-state index is -2.62. The van der Waals surface area contributed by atoms with E-state index in [0.29, 0.717) is 5.56 Å². The second-order valence-electron chi connectivity index (χ2n) is 9.95. The largest absolute Gasteiger partial charge is 0.311 e. The van der Waals surface area contributed by atoms with Crippen molar-refractivity contribution >= 4 is 45.9 Å². The Morgan fingerprint density at radius 2 is 1.15 bits per heavy atom. The highest BCUT2D eigenvalue weighted by molar-refractivity contribution is 7.21. The van der Waals surface area contributed by atoms with E-state index in [1.165, 1.54) is 32.1 Å². The van der Waals surface area contributed by atoms with Gasteiger partial charge in [-0.25, -0.2) is 0 Å². The maximum absolute atomic E-state index is 9.21. The first kappa shape index (κ1) is 23.8. The molecule has 0 aliphatic carbocycles. The molecule has 3 nitrogen and oxygen atoms in total. The van der Waals surface area contributed by atoms with Gasteiger partial charge in [0.25, 0.3) is 0 Å². The molecule has 0 N–H and O–H groups in total. The predicted molar refractivity (Wildman–Crippen MR) is 166 cm³/mol. The van der Waals surface area contributed by atoms with Crippen molar-refractivity contribution in [2.24, 2.45) is 0 Å². The lowest BCUT2D eigenvalue weighted by Gasteiger charge is -2.45. The number of hydrogen-bond donors (Lipinski definition) is 0. The van der Waals surface area contributed by atoms with Crippen LogP contribution in [0.5, 0.6) is 0 Å². The van der Waals surface area contributed by atoms with E-state index in [1.54, 1.807) is 6.20 Å². The van der Waals surface area contributed by atoms with Crippen LogP contribution in [0.2, 0.25) is 0 Å². The van der Waals surface area contributed by atoms with Crippen molar-refractivity contribution in [3.05, 3.63) is 157 Å². The van der Waals surface area contributed by atoms with E-state index in [0.717, 1.165) is 16.9 Å². The van der Waals surface area contributed by atoms with Crippen molar-refractivity contribution in [2.45, 2.75) is 0 Å². The lowest BCUT2D eigenvalue weighted by molar-refractivity contribution is 1.27. The number of para-hydroxylation sites is 2. The molecule has 7 rings (SSSR count). The molecule has 6 aromatic rings. The standard InChI is InChI=1S/C36H25N3Si/c37-25-27-22-23-32(38-26-27)28-12-11-13-29(24-28)39-33-18-7-9-20-35(33)40(30-14-3-1-4-15-30,31-16-5-2-6-17-31)36-21-10-8-19-34(36)39/h1-24,26H. The molecule has 40 heavy (non-hydrogen) atoms. The summed E-state index contributed by atoms with van der Waals surface area (Å²) in [6.07, 6.45) is 1.63. The number of nitrogens with zero attached hydrogens (tertiary/aromatic N) is 3. The monoisotopic (exact) mass is 527 g/mol. The summed E-state index contributed by atoms with van der Waals surface area (Å²) in [5, 5.41) is 14.7. The van der Waals surface area contributed by atoms with Crippen LogP contribution >= 0.6 is 0 Å². The molecule has 0 spiro atoms. The molecule has 0 saturated carbocycles. The lowest BCUT2D eigenvalue weighted by Crippen LogP contribution is -2.77. The first-order chi connectivity index (χ1) is 19.8. The molecule has 0 unspecified atom stereocenters. The minimum Gasteiger partial charge on any atom is -0.311 e. The summed E-state index contributed by atoms with van der Waals surface area (Å²) in [5.74, 6) is 0. The number of nitriles is 1. The third kappa shape index (κ3) is 3.68. The molecule has 1 aliphatic rings. The van der Waals surface area contributed by atoms with Crippen LogP contribution in [0.25, 0.3) is 11.3 Å². The molecular formula is C36H25N3Si. The quantitative estimate of drug-likeness (QED) is 0.273. The van der Waals surface area contributed by atoms with Crippen LogP contribution in [-0.4, -0.2) is 13.1 Å². The van der Waals surface area contributed by atoms with Gasteiger partial charge in [-0.15, -0.1) is 0 Å². The summed E-state index contributed by atoms with van der Waals surface area (Å²) in [5.41, 5.74) is 5.89. The van der Waals surface area contributed by atoms with Crippen LogP contribution in [0.1, 0.15) is 5.56 Å². The van der Waals surface area contributed by atoms with E-state index in [9.17, 15) is 5.26 Å². The molecule has 0 atom stereocenters. The number of rotatable bonds is 4. The zero-order valence-corrected chi connectivity index (χ0v) is 22.8. The fourth-order valence-electron chi connectivity index (χ4n) is 6.12. The molecule has 0 bridgehead atoms. The third-order valence-electron chi connectivity index (χ3n) is 7.80. The highest BCUT2D eigenvalue weighted by Crippen LogP contribution is 2.39. The summed E-state index contributed by atoms with van der Waals surface area (Å²) in [6.45, 7) is 0. The van der Waals surface area contributed by atoms with Gasteiger partial charge >= 0.3 is 0 Å². The highest BCUT2D eigenvalue weighted by atomic mass is 28.3. The molecule has 5 aromatic carbocycles. The van der Waals surface area contributed by atoms with Gasteiger partial charge in [0.1, 0.15) is 6.07 Å². The van der Waals surface area contributed by atoms with Crippen molar-refractivity contribution in [3.63, 3.8) is 0 Å². The van der Waals surface area contributed by atoms with Gasteiger partial charge in [0, 0.05) is 28.8 Å². The van der Waals surface area contributed by atoms with E-state index in [1.807, 2.05) is 12.1 Å². The number of anilines is 3. The maximum atomic E-state index is 9.21. The average Bonchev–Trinajstić information content (AvgIpc) is 3.04. The van der Waals surface area contributed by atoms with Crippen LogP contribution in [0.4, 0.5) is 17.1 Å². The minimum absolute atomic E-state index is 0.557. The van der Waals surface area contributed by atoms with Crippen molar-refractivity contribution < 1.29 is 0 Å². The first-order valence-corrected chi connectivity index (χ1v) is 15.4. The van der Waals surface area contributed by atoms with Crippen LogP contribution in [0, 0.1) is 11.3 Å². The molecule has 0 saturated heterocycles.